The van der Waals surface area contributed by atoms with Crippen molar-refractivity contribution in [2.75, 3.05) is 69.2 Å². The molecule has 3 N–H and O–H groups in total. The van der Waals surface area contributed by atoms with Gasteiger partial charge in [-0.15, -0.1) is 0 Å². The molecule has 12 nitrogen and oxygen atoms in total. The van der Waals surface area contributed by atoms with E-state index in [0.29, 0.717) is 50.9 Å². The molecule has 1 saturated heterocycles. The van der Waals surface area contributed by atoms with Crippen LogP contribution in [0.15, 0.2) is 85.5 Å². The van der Waals surface area contributed by atoms with E-state index in [1.165, 1.54) is 0 Å². The molecular weight excluding hydrogens is 647 g/mol. The normalized spacial score (nSPS) is 14.0. The van der Waals surface area contributed by atoms with Crippen LogP contribution in [0, 0.1) is 0 Å². The number of H-pyrrole nitrogens is 1. The summed E-state index contributed by atoms with van der Waals surface area (Å²) in [6.07, 6.45) is 7.01. The van der Waals surface area contributed by atoms with Crippen LogP contribution >= 0.6 is 7.14 Å². The maximum Gasteiger partial charge on any atom is 0.231 e. The molecule has 5 heterocycles. The third kappa shape index (κ3) is 5.97. The van der Waals surface area contributed by atoms with Gasteiger partial charge in [-0.3, -0.25) is 15.0 Å². The third-order valence-corrected chi connectivity index (χ3v) is 10.7. The van der Waals surface area contributed by atoms with Gasteiger partial charge in [-0.25, -0.2) is 0 Å². The first kappa shape index (κ1) is 31.7. The van der Waals surface area contributed by atoms with Crippen LogP contribution in [0.5, 0.6) is 5.75 Å². The van der Waals surface area contributed by atoms with Crippen LogP contribution in [0.3, 0.4) is 0 Å². The number of nitrogens with one attached hydrogen (secondary N) is 3. The summed E-state index contributed by atoms with van der Waals surface area (Å²) in [5, 5.41) is 9.39. The van der Waals surface area contributed by atoms with Gasteiger partial charge in [-0.1, -0.05) is 18.2 Å². The summed E-state index contributed by atoms with van der Waals surface area (Å²) in [5.74, 6) is 1.56. The molecule has 3 aromatic carbocycles. The lowest BCUT2D eigenvalue weighted by Gasteiger charge is -2.35. The number of para-hydroxylation sites is 1. The maximum atomic E-state index is 13.6. The number of nitrogens with zero attached hydrogens (tertiary/aromatic N) is 7. The van der Waals surface area contributed by atoms with Gasteiger partial charge in [0.15, 0.2) is 0 Å². The fourth-order valence-electron chi connectivity index (χ4n) is 6.60. The number of methoxy groups -OCH3 is 1. The number of anilines is 5. The Labute approximate surface area is 289 Å². The van der Waals surface area contributed by atoms with Crippen molar-refractivity contribution in [3.63, 3.8) is 0 Å². The number of hydrogen-bond donors (Lipinski definition) is 3. The van der Waals surface area contributed by atoms with Gasteiger partial charge in [-0.2, -0.15) is 9.97 Å². The number of piperazine rings is 1. The van der Waals surface area contributed by atoms with Crippen molar-refractivity contribution in [2.45, 2.75) is 0 Å². The molecule has 4 aromatic heterocycles. The van der Waals surface area contributed by atoms with Gasteiger partial charge < -0.3 is 34.7 Å². The smallest absolute Gasteiger partial charge is 0.231 e. The van der Waals surface area contributed by atoms with Gasteiger partial charge in [0.25, 0.3) is 0 Å². The molecule has 7 aromatic rings. The molecule has 13 heteroatoms. The zero-order valence-corrected chi connectivity index (χ0v) is 29.2. The molecule has 8 rings (SSSR count). The van der Waals surface area contributed by atoms with Crippen LogP contribution in [0.25, 0.3) is 44.1 Å². The van der Waals surface area contributed by atoms with Crippen molar-refractivity contribution in [3.05, 3.63) is 85.5 Å². The number of ether oxygens (including phenoxy) is 1. The number of aromatic nitrogens is 6. The van der Waals surface area contributed by atoms with Crippen LogP contribution < -0.4 is 25.6 Å². The molecule has 0 radical (unpaired) electrons. The van der Waals surface area contributed by atoms with Crippen molar-refractivity contribution >= 4 is 74.2 Å². The Morgan fingerprint density at radius 3 is 2.50 bits per heavy atom. The van der Waals surface area contributed by atoms with E-state index in [9.17, 15) is 4.57 Å². The summed E-state index contributed by atoms with van der Waals surface area (Å²) in [5.41, 5.74) is 7.33. The van der Waals surface area contributed by atoms with Gasteiger partial charge in [0.05, 0.1) is 40.2 Å². The average Bonchev–Trinajstić information content (AvgIpc) is 3.60. The molecule has 50 heavy (non-hydrogen) atoms. The zero-order valence-electron chi connectivity index (χ0n) is 28.3. The number of hydrogen-bond acceptors (Lipinski definition) is 11. The Bertz CT molecular complexity index is 2430. The second-order valence-electron chi connectivity index (χ2n) is 12.9. The zero-order chi connectivity index (χ0) is 34.4. The second-order valence-corrected chi connectivity index (χ2v) is 16.0. The summed E-state index contributed by atoms with van der Waals surface area (Å²) < 4.78 is 19.6. The van der Waals surface area contributed by atoms with E-state index in [1.54, 1.807) is 32.8 Å². The van der Waals surface area contributed by atoms with E-state index in [0.717, 1.165) is 59.3 Å². The molecule has 0 amide bonds. The van der Waals surface area contributed by atoms with Gasteiger partial charge in [-0.05, 0) is 56.8 Å². The SMILES string of the molecule is COc1cc(N2CCN(C)CC2)c(-c2cnc3ccccc3c2)cc1Nc1nc(Nc2ccc3nccnc3c2P(C)(C)=O)c2cc[nH]c2n1. The molecule has 1 aliphatic rings. The predicted molar refractivity (Wildman–Crippen MR) is 203 cm³/mol. The quantitative estimate of drug-likeness (QED) is 0.149. The Morgan fingerprint density at radius 1 is 0.860 bits per heavy atom. The summed E-state index contributed by atoms with van der Waals surface area (Å²) in [4.78, 5) is 31.5. The van der Waals surface area contributed by atoms with Gasteiger partial charge in [0.1, 0.15) is 29.9 Å². The molecule has 0 aliphatic carbocycles. The predicted octanol–water partition coefficient (Wildman–Crippen LogP) is 6.61. The van der Waals surface area contributed by atoms with Crippen LogP contribution in [-0.4, -0.2) is 88.5 Å². The first-order valence-corrected chi connectivity index (χ1v) is 19.0. The number of likely N-dealkylation sites (N-methyl/N-ethyl adjacent to an activating group) is 1. The standard InChI is InChI=1S/C37H37N10O2P/c1-46-15-17-47(18-16-46)31-21-32(49-2)30(20-26(31)24-19-23-7-5-6-8-27(23)41-22-24)43-37-44-35-25(11-12-40-35)36(45-37)42-29-10-9-28-33(39-14-13-38-28)34(29)50(3,4)48/h5-14,19-22H,15-18H2,1-4H3,(H3,40,42,43,44,45). The molecule has 1 aliphatic heterocycles. The van der Waals surface area contributed by atoms with E-state index in [2.05, 4.69) is 66.7 Å². The summed E-state index contributed by atoms with van der Waals surface area (Å²) in [6.45, 7) is 7.20. The van der Waals surface area contributed by atoms with Crippen LogP contribution in [-0.2, 0) is 4.57 Å². The first-order valence-electron chi connectivity index (χ1n) is 16.4. The van der Waals surface area contributed by atoms with E-state index >= 15 is 0 Å². The fraction of sp³-hybridized carbons (Fsp3) is 0.216. The van der Waals surface area contributed by atoms with Gasteiger partial charge in [0, 0.05) is 79.2 Å². The molecule has 0 bridgehead atoms. The van der Waals surface area contributed by atoms with Crippen molar-refractivity contribution in [3.8, 4) is 16.9 Å². The number of pyridine rings is 1. The molecule has 1 fully saturated rings. The highest BCUT2D eigenvalue weighted by Gasteiger charge is 2.24. The first-order chi connectivity index (χ1) is 24.2. The Balaban J connectivity index is 1.23. The van der Waals surface area contributed by atoms with Crippen molar-refractivity contribution < 1.29 is 9.30 Å². The minimum absolute atomic E-state index is 0.356. The topological polar surface area (TPSA) is 137 Å². The van der Waals surface area contributed by atoms with E-state index in [-0.39, 0.29) is 0 Å². The van der Waals surface area contributed by atoms with Gasteiger partial charge >= 0.3 is 0 Å². The van der Waals surface area contributed by atoms with Crippen LogP contribution in [0.4, 0.5) is 28.8 Å². The number of aromatic amines is 1. The van der Waals surface area contributed by atoms with E-state index in [1.807, 2.05) is 48.8 Å². The number of rotatable bonds is 8. The fourth-order valence-corrected chi connectivity index (χ4v) is 8.00. The molecule has 0 spiro atoms. The highest BCUT2D eigenvalue weighted by atomic mass is 31.2. The van der Waals surface area contributed by atoms with Crippen molar-refractivity contribution in [1.29, 1.82) is 0 Å². The molecular formula is C37H37N10O2P. The highest BCUT2D eigenvalue weighted by Crippen LogP contribution is 2.43. The third-order valence-electron chi connectivity index (χ3n) is 9.13. The van der Waals surface area contributed by atoms with Crippen LogP contribution in [0.1, 0.15) is 0 Å². The second kappa shape index (κ2) is 12.7. The lowest BCUT2D eigenvalue weighted by atomic mass is 10.0. The van der Waals surface area contributed by atoms with E-state index < -0.39 is 7.14 Å². The average molecular weight is 685 g/mol. The monoisotopic (exact) mass is 684 g/mol. The Hall–Kier alpha value is -5.58. The van der Waals surface area contributed by atoms with Crippen molar-refractivity contribution in [2.24, 2.45) is 0 Å². The molecule has 0 atom stereocenters. The lowest BCUT2D eigenvalue weighted by molar-refractivity contribution is 0.313. The number of fused-ring (bicyclic) bond motifs is 3. The molecule has 0 saturated carbocycles. The van der Waals surface area contributed by atoms with Crippen molar-refractivity contribution in [1.82, 2.24) is 34.8 Å². The molecule has 0 unspecified atom stereocenters. The largest absolute Gasteiger partial charge is 0.494 e. The maximum absolute atomic E-state index is 13.6. The Kier molecular flexibility index (Phi) is 8.05. The molecule has 252 valence electrons. The van der Waals surface area contributed by atoms with E-state index in [4.69, 9.17) is 19.7 Å². The minimum atomic E-state index is -2.79. The van der Waals surface area contributed by atoms with Gasteiger partial charge in [0.2, 0.25) is 5.95 Å². The lowest BCUT2D eigenvalue weighted by Crippen LogP contribution is -2.44. The minimum Gasteiger partial charge on any atom is -0.494 e. The summed E-state index contributed by atoms with van der Waals surface area (Å²) >= 11 is 0. The summed E-state index contributed by atoms with van der Waals surface area (Å²) in [7, 11) is 1.03. The van der Waals surface area contributed by atoms with Crippen LogP contribution in [0.2, 0.25) is 0 Å². The summed E-state index contributed by atoms with van der Waals surface area (Å²) in [6, 6.07) is 20.2. The highest BCUT2D eigenvalue weighted by molar-refractivity contribution is 7.71. The number of benzene rings is 3. The Morgan fingerprint density at radius 2 is 1.68 bits per heavy atom.